The van der Waals surface area contributed by atoms with Crippen LogP contribution in [0.1, 0.15) is 24.2 Å². The molecule has 0 aliphatic heterocycles. The molecule has 0 aromatic heterocycles. The lowest BCUT2D eigenvalue weighted by Gasteiger charge is -2.18. The average molecular weight is 343 g/mol. The molecular formula is C14H19BrN2O3. The second-order valence-corrected chi connectivity index (χ2v) is 5.01. The maximum absolute atomic E-state index is 12.1. The molecule has 0 atom stereocenters. The SMILES string of the molecule is CCN(CC)C(=O)CNC(=O)c1ccc(Br)cc1OC. The molecular weight excluding hydrogens is 324 g/mol. The van der Waals surface area contributed by atoms with Gasteiger partial charge in [0.15, 0.2) is 0 Å². The molecule has 0 radical (unpaired) electrons. The van der Waals surface area contributed by atoms with Crippen molar-refractivity contribution in [1.29, 1.82) is 0 Å². The number of halogens is 1. The van der Waals surface area contributed by atoms with E-state index in [0.717, 1.165) is 4.47 Å². The van der Waals surface area contributed by atoms with Gasteiger partial charge in [-0.05, 0) is 32.0 Å². The van der Waals surface area contributed by atoms with Crippen LogP contribution in [0.25, 0.3) is 0 Å². The Morgan fingerprint density at radius 1 is 1.30 bits per heavy atom. The van der Waals surface area contributed by atoms with Crippen LogP contribution in [0.5, 0.6) is 5.75 Å². The Bertz CT molecular complexity index is 487. The largest absolute Gasteiger partial charge is 0.496 e. The van der Waals surface area contributed by atoms with Crippen molar-refractivity contribution < 1.29 is 14.3 Å². The molecule has 0 saturated carbocycles. The molecule has 0 spiro atoms. The van der Waals surface area contributed by atoms with Crippen LogP contribution in [0, 0.1) is 0 Å². The normalized spacial score (nSPS) is 10.0. The molecule has 110 valence electrons. The van der Waals surface area contributed by atoms with E-state index < -0.39 is 0 Å². The molecule has 0 fully saturated rings. The van der Waals surface area contributed by atoms with Crippen molar-refractivity contribution in [3.8, 4) is 5.75 Å². The summed E-state index contributed by atoms with van der Waals surface area (Å²) >= 11 is 3.31. The molecule has 1 aromatic rings. The zero-order chi connectivity index (χ0) is 15.1. The van der Waals surface area contributed by atoms with Crippen molar-refractivity contribution in [1.82, 2.24) is 10.2 Å². The van der Waals surface area contributed by atoms with Gasteiger partial charge >= 0.3 is 0 Å². The zero-order valence-corrected chi connectivity index (χ0v) is 13.5. The molecule has 0 aliphatic carbocycles. The summed E-state index contributed by atoms with van der Waals surface area (Å²) in [6.45, 7) is 5.06. The second kappa shape index (κ2) is 7.89. The van der Waals surface area contributed by atoms with Gasteiger partial charge in [0.25, 0.3) is 5.91 Å². The third kappa shape index (κ3) is 4.23. The fourth-order valence-electron chi connectivity index (χ4n) is 1.79. The summed E-state index contributed by atoms with van der Waals surface area (Å²) in [4.78, 5) is 25.6. The Kier molecular flexibility index (Phi) is 6.51. The number of carbonyl (C=O) groups is 2. The Hall–Kier alpha value is -1.56. The Morgan fingerprint density at radius 3 is 2.50 bits per heavy atom. The molecule has 5 nitrogen and oxygen atoms in total. The number of nitrogens with one attached hydrogen (secondary N) is 1. The van der Waals surface area contributed by atoms with Gasteiger partial charge in [-0.25, -0.2) is 0 Å². The topological polar surface area (TPSA) is 58.6 Å². The number of hydrogen-bond donors (Lipinski definition) is 1. The minimum atomic E-state index is -0.324. The van der Waals surface area contributed by atoms with Gasteiger partial charge in [-0.2, -0.15) is 0 Å². The number of nitrogens with zero attached hydrogens (tertiary/aromatic N) is 1. The van der Waals surface area contributed by atoms with Gasteiger partial charge < -0.3 is 15.0 Å². The number of benzene rings is 1. The minimum Gasteiger partial charge on any atom is -0.496 e. The number of carbonyl (C=O) groups excluding carboxylic acids is 2. The number of likely N-dealkylation sites (N-methyl/N-ethyl adjacent to an activating group) is 1. The number of rotatable bonds is 6. The molecule has 0 aliphatic rings. The van der Waals surface area contributed by atoms with Crippen molar-refractivity contribution in [2.45, 2.75) is 13.8 Å². The van der Waals surface area contributed by atoms with E-state index in [1.54, 1.807) is 23.1 Å². The molecule has 0 saturated heterocycles. The monoisotopic (exact) mass is 342 g/mol. The van der Waals surface area contributed by atoms with Crippen LogP contribution in [0.4, 0.5) is 0 Å². The number of ether oxygens (including phenoxy) is 1. The van der Waals surface area contributed by atoms with Crippen molar-refractivity contribution in [3.05, 3.63) is 28.2 Å². The number of amides is 2. The summed E-state index contributed by atoms with van der Waals surface area (Å²) in [6, 6.07) is 5.12. The fraction of sp³-hybridized carbons (Fsp3) is 0.429. The summed E-state index contributed by atoms with van der Waals surface area (Å²) in [7, 11) is 1.50. The van der Waals surface area contributed by atoms with E-state index in [9.17, 15) is 9.59 Å². The maximum Gasteiger partial charge on any atom is 0.255 e. The molecule has 0 bridgehead atoms. The van der Waals surface area contributed by atoms with Crippen molar-refractivity contribution in [3.63, 3.8) is 0 Å². The molecule has 1 N–H and O–H groups in total. The van der Waals surface area contributed by atoms with E-state index in [-0.39, 0.29) is 18.4 Å². The highest BCUT2D eigenvalue weighted by Gasteiger charge is 2.15. The third-order valence-electron chi connectivity index (χ3n) is 2.92. The van der Waals surface area contributed by atoms with Crippen LogP contribution in [-0.4, -0.2) is 43.5 Å². The molecule has 0 unspecified atom stereocenters. The van der Waals surface area contributed by atoms with Gasteiger partial charge in [0.1, 0.15) is 5.75 Å². The standard InChI is InChI=1S/C14H19BrN2O3/c1-4-17(5-2)13(18)9-16-14(19)11-7-6-10(15)8-12(11)20-3/h6-8H,4-5,9H2,1-3H3,(H,16,19). The summed E-state index contributed by atoms with van der Waals surface area (Å²) in [6.07, 6.45) is 0. The Morgan fingerprint density at radius 2 is 1.95 bits per heavy atom. The molecule has 1 aromatic carbocycles. The lowest BCUT2D eigenvalue weighted by Crippen LogP contribution is -2.40. The van der Waals surface area contributed by atoms with Gasteiger partial charge in [-0.3, -0.25) is 9.59 Å². The molecule has 1 rings (SSSR count). The van der Waals surface area contributed by atoms with Gasteiger partial charge in [0.05, 0.1) is 19.2 Å². The van der Waals surface area contributed by atoms with Crippen LogP contribution < -0.4 is 10.1 Å². The Balaban J connectivity index is 2.70. The highest BCUT2D eigenvalue weighted by atomic mass is 79.9. The predicted octanol–water partition coefficient (Wildman–Crippen LogP) is 2.06. The quantitative estimate of drug-likeness (QED) is 0.860. The summed E-state index contributed by atoms with van der Waals surface area (Å²) in [5, 5.41) is 2.62. The van der Waals surface area contributed by atoms with E-state index in [4.69, 9.17) is 4.74 Å². The van der Waals surface area contributed by atoms with Crippen LogP contribution in [0.2, 0.25) is 0 Å². The average Bonchev–Trinajstić information content (AvgIpc) is 2.45. The van der Waals surface area contributed by atoms with E-state index >= 15 is 0 Å². The molecule has 0 heterocycles. The van der Waals surface area contributed by atoms with Crippen molar-refractivity contribution in [2.75, 3.05) is 26.7 Å². The first kappa shape index (κ1) is 16.5. The fourth-order valence-corrected chi connectivity index (χ4v) is 2.13. The van der Waals surface area contributed by atoms with Crippen molar-refractivity contribution >= 4 is 27.7 Å². The predicted molar refractivity (Wildman–Crippen MR) is 81.0 cm³/mol. The first-order chi connectivity index (χ1) is 9.53. The molecule has 20 heavy (non-hydrogen) atoms. The molecule has 2 amide bonds. The first-order valence-electron chi connectivity index (χ1n) is 6.43. The van der Waals surface area contributed by atoms with E-state index in [2.05, 4.69) is 21.2 Å². The van der Waals surface area contributed by atoms with Gasteiger partial charge in [0.2, 0.25) is 5.91 Å². The Labute approximate surface area is 127 Å². The van der Waals surface area contributed by atoms with Gasteiger partial charge in [-0.1, -0.05) is 15.9 Å². The highest BCUT2D eigenvalue weighted by Crippen LogP contribution is 2.23. The van der Waals surface area contributed by atoms with Gasteiger partial charge in [-0.15, -0.1) is 0 Å². The van der Waals surface area contributed by atoms with Crippen LogP contribution in [0.3, 0.4) is 0 Å². The van der Waals surface area contributed by atoms with E-state index in [1.165, 1.54) is 7.11 Å². The summed E-state index contributed by atoms with van der Waals surface area (Å²) in [5.74, 6) is 0.0430. The smallest absolute Gasteiger partial charge is 0.255 e. The van der Waals surface area contributed by atoms with Crippen LogP contribution in [0.15, 0.2) is 22.7 Å². The first-order valence-corrected chi connectivity index (χ1v) is 7.22. The van der Waals surface area contributed by atoms with Crippen molar-refractivity contribution in [2.24, 2.45) is 0 Å². The number of hydrogen-bond acceptors (Lipinski definition) is 3. The highest BCUT2D eigenvalue weighted by molar-refractivity contribution is 9.10. The maximum atomic E-state index is 12.1. The van der Waals surface area contributed by atoms with Crippen LogP contribution >= 0.6 is 15.9 Å². The third-order valence-corrected chi connectivity index (χ3v) is 3.42. The summed E-state index contributed by atoms with van der Waals surface area (Å²) in [5.41, 5.74) is 0.406. The second-order valence-electron chi connectivity index (χ2n) is 4.09. The minimum absolute atomic E-state index is 0.0142. The summed E-state index contributed by atoms with van der Waals surface area (Å²) < 4.78 is 5.98. The lowest BCUT2D eigenvalue weighted by atomic mass is 10.2. The van der Waals surface area contributed by atoms with Gasteiger partial charge in [0, 0.05) is 17.6 Å². The van der Waals surface area contributed by atoms with E-state index in [1.807, 2.05) is 13.8 Å². The molecule has 6 heteroatoms. The van der Waals surface area contributed by atoms with Crippen LogP contribution in [-0.2, 0) is 4.79 Å². The lowest BCUT2D eigenvalue weighted by molar-refractivity contribution is -0.129. The number of methoxy groups -OCH3 is 1. The zero-order valence-electron chi connectivity index (χ0n) is 11.9. The van der Waals surface area contributed by atoms with E-state index in [0.29, 0.717) is 24.4 Å².